The zero-order valence-electron chi connectivity index (χ0n) is 18.8. The van der Waals surface area contributed by atoms with Crippen LogP contribution < -0.4 is 20.8 Å². The first-order chi connectivity index (χ1) is 16.7. The minimum Gasteiger partial charge on any atom is -0.422 e. The number of halogens is 1. The fourth-order valence-electron chi connectivity index (χ4n) is 2.87. The first kappa shape index (κ1) is 25.1. The molecule has 3 rings (SSSR count). The standard InChI is InChI=1S/C25H21ClN4O5/c1-15(21-5-3-4-6-22(21)35-25(34)17-7-9-18(26)10-8-17)29-30-24(33)23(32)28-20-13-11-19(12-14-20)27-16(2)31/h3-14H,1-2H3,(H,27,31)(H,28,32)(H,30,33)/b29-15+. The lowest BCUT2D eigenvalue weighted by Gasteiger charge is -2.10. The Balaban J connectivity index is 1.63. The van der Waals surface area contributed by atoms with Crippen LogP contribution in [0.15, 0.2) is 77.9 Å². The van der Waals surface area contributed by atoms with Gasteiger partial charge < -0.3 is 15.4 Å². The summed E-state index contributed by atoms with van der Waals surface area (Å²) in [5.74, 6) is -2.51. The zero-order valence-corrected chi connectivity index (χ0v) is 19.6. The maximum atomic E-state index is 12.5. The molecule has 0 aliphatic carbocycles. The van der Waals surface area contributed by atoms with Crippen LogP contribution in [0.5, 0.6) is 5.75 Å². The van der Waals surface area contributed by atoms with Gasteiger partial charge in [0.15, 0.2) is 0 Å². The molecule has 0 radical (unpaired) electrons. The maximum Gasteiger partial charge on any atom is 0.343 e. The van der Waals surface area contributed by atoms with E-state index in [-0.39, 0.29) is 11.7 Å². The molecule has 0 saturated heterocycles. The third-order valence-electron chi connectivity index (χ3n) is 4.55. The lowest BCUT2D eigenvalue weighted by atomic mass is 10.1. The normalized spacial score (nSPS) is 10.8. The van der Waals surface area contributed by atoms with E-state index in [1.807, 2.05) is 0 Å². The van der Waals surface area contributed by atoms with Crippen molar-refractivity contribution in [2.75, 3.05) is 10.6 Å². The maximum absolute atomic E-state index is 12.5. The van der Waals surface area contributed by atoms with Crippen molar-refractivity contribution in [2.45, 2.75) is 13.8 Å². The van der Waals surface area contributed by atoms with E-state index in [9.17, 15) is 19.2 Å². The van der Waals surface area contributed by atoms with Crippen molar-refractivity contribution in [3.63, 3.8) is 0 Å². The summed E-state index contributed by atoms with van der Waals surface area (Å²) in [7, 11) is 0. The van der Waals surface area contributed by atoms with E-state index in [2.05, 4.69) is 21.2 Å². The number of para-hydroxylation sites is 1. The number of hydrogen-bond donors (Lipinski definition) is 3. The molecule has 0 bridgehead atoms. The number of hydrazone groups is 1. The monoisotopic (exact) mass is 492 g/mol. The van der Waals surface area contributed by atoms with Gasteiger partial charge in [0, 0.05) is 28.9 Å². The molecular formula is C25H21ClN4O5. The summed E-state index contributed by atoms with van der Waals surface area (Å²) in [6.45, 7) is 2.97. The van der Waals surface area contributed by atoms with Crippen LogP contribution in [0, 0.1) is 0 Å². The molecule has 0 aliphatic heterocycles. The lowest BCUT2D eigenvalue weighted by Crippen LogP contribution is -2.33. The molecule has 0 aliphatic rings. The highest BCUT2D eigenvalue weighted by Gasteiger charge is 2.16. The number of carbonyl (C=O) groups is 4. The molecule has 0 unspecified atom stereocenters. The van der Waals surface area contributed by atoms with Crippen molar-refractivity contribution < 1.29 is 23.9 Å². The minimum absolute atomic E-state index is 0.226. The summed E-state index contributed by atoms with van der Waals surface area (Å²) in [5.41, 5.74) is 4.17. The van der Waals surface area contributed by atoms with Gasteiger partial charge in [-0.3, -0.25) is 14.4 Å². The van der Waals surface area contributed by atoms with E-state index in [1.165, 1.54) is 19.1 Å². The molecule has 3 N–H and O–H groups in total. The van der Waals surface area contributed by atoms with Gasteiger partial charge in [0.25, 0.3) is 0 Å². The van der Waals surface area contributed by atoms with Crippen LogP contribution >= 0.6 is 11.6 Å². The zero-order chi connectivity index (χ0) is 25.4. The first-order valence-electron chi connectivity index (χ1n) is 10.3. The third-order valence-corrected chi connectivity index (χ3v) is 4.81. The summed E-state index contributed by atoms with van der Waals surface area (Å²) >= 11 is 5.85. The Labute approximate surface area is 206 Å². The van der Waals surface area contributed by atoms with Gasteiger partial charge in [-0.1, -0.05) is 23.7 Å². The number of benzene rings is 3. The number of anilines is 2. The molecule has 35 heavy (non-hydrogen) atoms. The smallest absolute Gasteiger partial charge is 0.343 e. The molecular weight excluding hydrogens is 472 g/mol. The lowest BCUT2D eigenvalue weighted by molar-refractivity contribution is -0.136. The van der Waals surface area contributed by atoms with E-state index < -0.39 is 17.8 Å². The fraction of sp³-hybridized carbons (Fsp3) is 0.0800. The Kier molecular flexibility index (Phi) is 8.31. The van der Waals surface area contributed by atoms with Crippen LogP contribution in [0.2, 0.25) is 5.02 Å². The van der Waals surface area contributed by atoms with E-state index >= 15 is 0 Å². The Hall–Kier alpha value is -4.50. The predicted octanol–water partition coefficient (Wildman–Crippen LogP) is 4.00. The number of ether oxygens (including phenoxy) is 1. The summed E-state index contributed by atoms with van der Waals surface area (Å²) in [4.78, 5) is 47.9. The molecule has 3 amide bonds. The third kappa shape index (κ3) is 7.24. The molecule has 0 spiro atoms. The van der Waals surface area contributed by atoms with Gasteiger partial charge in [-0.2, -0.15) is 5.10 Å². The Morgan fingerprint density at radius 2 is 1.37 bits per heavy atom. The molecule has 178 valence electrons. The van der Waals surface area contributed by atoms with Gasteiger partial charge in [-0.15, -0.1) is 0 Å². The van der Waals surface area contributed by atoms with Crippen LogP contribution in [0.3, 0.4) is 0 Å². The van der Waals surface area contributed by atoms with E-state index in [4.69, 9.17) is 16.3 Å². The average Bonchev–Trinajstić information content (AvgIpc) is 2.84. The van der Waals surface area contributed by atoms with Crippen molar-refractivity contribution in [3.05, 3.63) is 88.9 Å². The van der Waals surface area contributed by atoms with Gasteiger partial charge in [-0.05, 0) is 67.6 Å². The van der Waals surface area contributed by atoms with E-state index in [0.717, 1.165) is 0 Å². The number of amides is 3. The van der Waals surface area contributed by atoms with Crippen LogP contribution in [-0.2, 0) is 14.4 Å². The topological polar surface area (TPSA) is 126 Å². The van der Waals surface area contributed by atoms with Crippen molar-refractivity contribution in [1.29, 1.82) is 0 Å². The van der Waals surface area contributed by atoms with Crippen molar-refractivity contribution in [2.24, 2.45) is 5.10 Å². The highest BCUT2D eigenvalue weighted by atomic mass is 35.5. The van der Waals surface area contributed by atoms with Gasteiger partial charge in [0.1, 0.15) is 5.75 Å². The summed E-state index contributed by atoms with van der Waals surface area (Å²) in [6, 6.07) is 19.1. The molecule has 0 heterocycles. The minimum atomic E-state index is -0.995. The van der Waals surface area contributed by atoms with Crippen LogP contribution in [0.4, 0.5) is 11.4 Å². The fourth-order valence-corrected chi connectivity index (χ4v) is 3.00. The quantitative estimate of drug-likeness (QED) is 0.158. The highest BCUT2D eigenvalue weighted by molar-refractivity contribution is 6.39. The molecule has 0 atom stereocenters. The Morgan fingerprint density at radius 3 is 2.00 bits per heavy atom. The first-order valence-corrected chi connectivity index (χ1v) is 10.7. The summed E-state index contributed by atoms with van der Waals surface area (Å²) < 4.78 is 5.48. The van der Waals surface area contributed by atoms with Crippen LogP contribution in [0.1, 0.15) is 29.8 Å². The van der Waals surface area contributed by atoms with Gasteiger partial charge in [0.05, 0.1) is 11.3 Å². The van der Waals surface area contributed by atoms with Crippen LogP contribution in [0.25, 0.3) is 0 Å². The number of rotatable bonds is 6. The molecule has 0 aromatic heterocycles. The molecule has 3 aromatic rings. The number of hydrogen-bond acceptors (Lipinski definition) is 6. The number of carbonyl (C=O) groups excluding carboxylic acids is 4. The SMILES string of the molecule is CC(=O)Nc1ccc(NC(=O)C(=O)N/N=C(\C)c2ccccc2OC(=O)c2ccc(Cl)cc2)cc1. The molecule has 0 fully saturated rings. The van der Waals surface area contributed by atoms with Crippen molar-refractivity contribution in [3.8, 4) is 5.75 Å². The number of nitrogens with one attached hydrogen (secondary N) is 3. The summed E-state index contributed by atoms with van der Waals surface area (Å²) in [5, 5.41) is 9.48. The van der Waals surface area contributed by atoms with Gasteiger partial charge in [0.2, 0.25) is 5.91 Å². The second kappa shape index (κ2) is 11.6. The highest BCUT2D eigenvalue weighted by Crippen LogP contribution is 2.21. The summed E-state index contributed by atoms with van der Waals surface area (Å²) in [6.07, 6.45) is 0. The Bertz CT molecular complexity index is 1290. The van der Waals surface area contributed by atoms with Gasteiger partial charge in [-0.25, -0.2) is 10.2 Å². The van der Waals surface area contributed by atoms with Crippen molar-refractivity contribution >= 4 is 52.4 Å². The second-order valence-corrected chi connectivity index (χ2v) is 7.68. The molecule has 0 saturated carbocycles. The second-order valence-electron chi connectivity index (χ2n) is 7.24. The number of esters is 1. The number of nitrogens with zero attached hydrogens (tertiary/aromatic N) is 1. The Morgan fingerprint density at radius 1 is 0.771 bits per heavy atom. The largest absolute Gasteiger partial charge is 0.422 e. The van der Waals surface area contributed by atoms with Crippen LogP contribution in [-0.4, -0.2) is 29.4 Å². The van der Waals surface area contributed by atoms with Crippen molar-refractivity contribution in [1.82, 2.24) is 5.43 Å². The molecule has 3 aromatic carbocycles. The predicted molar refractivity (Wildman–Crippen MR) is 133 cm³/mol. The van der Waals surface area contributed by atoms with E-state index in [0.29, 0.717) is 33.2 Å². The molecule has 10 heteroatoms. The molecule has 9 nitrogen and oxygen atoms in total. The van der Waals surface area contributed by atoms with Gasteiger partial charge >= 0.3 is 17.8 Å². The average molecular weight is 493 g/mol. The van der Waals surface area contributed by atoms with E-state index in [1.54, 1.807) is 67.6 Å².